The van der Waals surface area contributed by atoms with Crippen LogP contribution in [0.5, 0.6) is 11.5 Å². The number of carbonyl (C=O) groups is 2. The molecule has 0 amide bonds. The molecule has 0 saturated heterocycles. The number of benzene rings is 3. The van der Waals surface area contributed by atoms with Gasteiger partial charge in [-0.25, -0.2) is 9.59 Å². The Balaban J connectivity index is 2.11. The second-order valence-corrected chi connectivity index (χ2v) is 4.57. The number of carboxylic acid groups (broad SMARTS) is 2. The lowest BCUT2D eigenvalue weighted by Gasteiger charge is -2.07. The minimum absolute atomic E-state index is 0.241. The van der Waals surface area contributed by atoms with Crippen LogP contribution < -0.4 is 9.47 Å². The fourth-order valence-corrected chi connectivity index (χ4v) is 2.36. The third-order valence-electron chi connectivity index (χ3n) is 3.19. The zero-order valence-electron chi connectivity index (χ0n) is 11.1. The summed E-state index contributed by atoms with van der Waals surface area (Å²) in [6, 6.07) is 13.5. The maximum absolute atomic E-state index is 10.6. The van der Waals surface area contributed by atoms with Crippen LogP contribution >= 0.6 is 0 Å². The molecular weight excluding hydrogens is 288 g/mol. The van der Waals surface area contributed by atoms with Crippen molar-refractivity contribution < 1.29 is 29.3 Å². The quantitative estimate of drug-likeness (QED) is 0.420. The van der Waals surface area contributed by atoms with Crippen LogP contribution in [0, 0.1) is 0 Å². The van der Waals surface area contributed by atoms with Gasteiger partial charge in [-0.05, 0) is 45.8 Å². The number of fused-ring (bicyclic) bond motifs is 3. The van der Waals surface area contributed by atoms with E-state index in [-0.39, 0.29) is 11.5 Å². The first-order valence-electron chi connectivity index (χ1n) is 6.31. The van der Waals surface area contributed by atoms with E-state index in [1.807, 2.05) is 0 Å². The molecule has 22 heavy (non-hydrogen) atoms. The molecule has 0 spiro atoms. The first-order chi connectivity index (χ1) is 10.5. The molecular formula is C16H10O6. The van der Waals surface area contributed by atoms with E-state index in [0.717, 1.165) is 21.5 Å². The molecule has 6 heteroatoms. The van der Waals surface area contributed by atoms with Gasteiger partial charge < -0.3 is 19.7 Å². The molecule has 3 aromatic rings. The van der Waals surface area contributed by atoms with E-state index in [1.165, 1.54) is 0 Å². The molecule has 6 nitrogen and oxygen atoms in total. The van der Waals surface area contributed by atoms with Crippen molar-refractivity contribution >= 4 is 33.9 Å². The molecule has 3 aromatic carbocycles. The van der Waals surface area contributed by atoms with E-state index in [2.05, 4.69) is 9.47 Å². The van der Waals surface area contributed by atoms with Crippen LogP contribution in [0.3, 0.4) is 0 Å². The van der Waals surface area contributed by atoms with Crippen LogP contribution in [-0.4, -0.2) is 22.5 Å². The third kappa shape index (κ3) is 2.62. The van der Waals surface area contributed by atoms with Gasteiger partial charge in [-0.3, -0.25) is 0 Å². The Bertz CT molecular complexity index is 825. The SMILES string of the molecule is O=C(O)Oc1ccc2c(ccc3cc(OC(=O)O)ccc32)c1. The Kier molecular flexibility index (Phi) is 3.27. The average molecular weight is 298 g/mol. The molecule has 0 atom stereocenters. The van der Waals surface area contributed by atoms with Crippen molar-refractivity contribution in [3.8, 4) is 11.5 Å². The van der Waals surface area contributed by atoms with Crippen LogP contribution in [0.2, 0.25) is 0 Å². The van der Waals surface area contributed by atoms with Crippen molar-refractivity contribution in [1.29, 1.82) is 0 Å². The highest BCUT2D eigenvalue weighted by Gasteiger charge is 2.07. The molecule has 0 unspecified atom stereocenters. The van der Waals surface area contributed by atoms with Crippen LogP contribution in [0.4, 0.5) is 9.59 Å². The Morgan fingerprint density at radius 2 is 1.09 bits per heavy atom. The summed E-state index contributed by atoms with van der Waals surface area (Å²) in [6.07, 6.45) is -2.73. The van der Waals surface area contributed by atoms with Gasteiger partial charge in [0.2, 0.25) is 0 Å². The largest absolute Gasteiger partial charge is 0.511 e. The number of ether oxygens (including phenoxy) is 2. The average Bonchev–Trinajstić information content (AvgIpc) is 2.45. The highest BCUT2D eigenvalue weighted by atomic mass is 16.7. The minimum Gasteiger partial charge on any atom is -0.449 e. The summed E-state index contributed by atoms with van der Waals surface area (Å²) in [5, 5.41) is 20.7. The summed E-state index contributed by atoms with van der Waals surface area (Å²) in [4.78, 5) is 21.1. The molecule has 0 aliphatic heterocycles. The van der Waals surface area contributed by atoms with Crippen LogP contribution in [0.15, 0.2) is 48.5 Å². The van der Waals surface area contributed by atoms with Gasteiger partial charge in [0.1, 0.15) is 11.5 Å². The zero-order chi connectivity index (χ0) is 15.7. The lowest BCUT2D eigenvalue weighted by atomic mass is 10.0. The summed E-state index contributed by atoms with van der Waals surface area (Å²) in [5.41, 5.74) is 0. The van der Waals surface area contributed by atoms with Gasteiger partial charge in [0.25, 0.3) is 0 Å². The van der Waals surface area contributed by atoms with Gasteiger partial charge in [0, 0.05) is 0 Å². The van der Waals surface area contributed by atoms with Crippen molar-refractivity contribution in [3.05, 3.63) is 48.5 Å². The smallest absolute Gasteiger partial charge is 0.449 e. The van der Waals surface area contributed by atoms with Gasteiger partial charge in [-0.2, -0.15) is 0 Å². The maximum Gasteiger partial charge on any atom is 0.511 e. The second kappa shape index (κ2) is 5.25. The van der Waals surface area contributed by atoms with Gasteiger partial charge in [0.15, 0.2) is 0 Å². The molecule has 0 heterocycles. The minimum atomic E-state index is -1.37. The molecule has 3 rings (SSSR count). The normalized spacial score (nSPS) is 10.5. The van der Waals surface area contributed by atoms with E-state index in [9.17, 15) is 9.59 Å². The molecule has 0 fully saturated rings. The molecule has 0 bridgehead atoms. The zero-order valence-corrected chi connectivity index (χ0v) is 11.1. The first kappa shape index (κ1) is 13.7. The van der Waals surface area contributed by atoms with E-state index in [4.69, 9.17) is 10.2 Å². The Morgan fingerprint density at radius 1 is 0.682 bits per heavy atom. The number of rotatable bonds is 2. The van der Waals surface area contributed by atoms with Crippen LogP contribution in [0.1, 0.15) is 0 Å². The lowest BCUT2D eigenvalue weighted by molar-refractivity contribution is 0.143. The highest BCUT2D eigenvalue weighted by Crippen LogP contribution is 2.30. The highest BCUT2D eigenvalue weighted by molar-refractivity contribution is 6.08. The summed E-state index contributed by atoms with van der Waals surface area (Å²) in [7, 11) is 0. The monoisotopic (exact) mass is 298 g/mol. The van der Waals surface area contributed by atoms with E-state index >= 15 is 0 Å². The molecule has 0 aliphatic carbocycles. The molecule has 0 aromatic heterocycles. The van der Waals surface area contributed by atoms with Gasteiger partial charge in [0.05, 0.1) is 0 Å². The summed E-state index contributed by atoms with van der Waals surface area (Å²) in [6.45, 7) is 0. The fourth-order valence-electron chi connectivity index (χ4n) is 2.36. The Labute approximate surface area is 124 Å². The maximum atomic E-state index is 10.6. The standard InChI is InChI=1S/C16H10O6/c17-15(18)21-11-3-5-13-9(7-11)1-2-10-8-12(22-16(19)20)4-6-14(10)13/h1-8H,(H,17,18)(H,19,20). The number of hydrogen-bond acceptors (Lipinski definition) is 4. The van der Waals surface area contributed by atoms with Crippen molar-refractivity contribution in [1.82, 2.24) is 0 Å². The first-order valence-corrected chi connectivity index (χ1v) is 6.31. The van der Waals surface area contributed by atoms with Crippen molar-refractivity contribution in [2.45, 2.75) is 0 Å². The molecule has 0 radical (unpaired) electrons. The molecule has 0 saturated carbocycles. The molecule has 2 N–H and O–H groups in total. The number of hydrogen-bond donors (Lipinski definition) is 2. The summed E-state index contributed by atoms with van der Waals surface area (Å²) >= 11 is 0. The van der Waals surface area contributed by atoms with Crippen molar-refractivity contribution in [3.63, 3.8) is 0 Å². The molecule has 110 valence electrons. The van der Waals surface area contributed by atoms with E-state index in [0.29, 0.717) is 0 Å². The third-order valence-corrected chi connectivity index (χ3v) is 3.19. The predicted molar refractivity (Wildman–Crippen MR) is 78.8 cm³/mol. The molecule has 0 aliphatic rings. The van der Waals surface area contributed by atoms with E-state index in [1.54, 1.807) is 48.5 Å². The second-order valence-electron chi connectivity index (χ2n) is 4.57. The summed E-state index contributed by atoms with van der Waals surface area (Å²) < 4.78 is 9.26. The lowest BCUT2D eigenvalue weighted by Crippen LogP contribution is -2.03. The van der Waals surface area contributed by atoms with Crippen molar-refractivity contribution in [2.75, 3.05) is 0 Å². The Hall–Kier alpha value is -3.28. The van der Waals surface area contributed by atoms with Crippen LogP contribution in [0.25, 0.3) is 21.5 Å². The van der Waals surface area contributed by atoms with Gasteiger partial charge in [-0.15, -0.1) is 0 Å². The fraction of sp³-hybridized carbons (Fsp3) is 0. The van der Waals surface area contributed by atoms with Gasteiger partial charge >= 0.3 is 12.3 Å². The summed E-state index contributed by atoms with van der Waals surface area (Å²) in [5.74, 6) is 0.482. The topological polar surface area (TPSA) is 93.1 Å². The van der Waals surface area contributed by atoms with Crippen molar-refractivity contribution in [2.24, 2.45) is 0 Å². The van der Waals surface area contributed by atoms with Gasteiger partial charge in [-0.1, -0.05) is 24.3 Å². The predicted octanol–water partition coefficient (Wildman–Crippen LogP) is 4.11. The van der Waals surface area contributed by atoms with Crippen LogP contribution in [-0.2, 0) is 0 Å². The van der Waals surface area contributed by atoms with E-state index < -0.39 is 12.3 Å². The Morgan fingerprint density at radius 3 is 1.45 bits per heavy atom.